The summed E-state index contributed by atoms with van der Waals surface area (Å²) >= 11 is -0.491. The van der Waals surface area contributed by atoms with Crippen molar-refractivity contribution in [1.82, 2.24) is 14.5 Å². The first kappa shape index (κ1) is 33.5. The van der Waals surface area contributed by atoms with E-state index in [4.69, 9.17) is 11.8 Å². The van der Waals surface area contributed by atoms with Gasteiger partial charge in [0, 0.05) is 30.5 Å². The van der Waals surface area contributed by atoms with Gasteiger partial charge in [-0.2, -0.15) is 11.3 Å². The van der Waals surface area contributed by atoms with Crippen LogP contribution in [0.15, 0.2) is 115 Å². The molecule has 8 rings (SSSR count). The maximum absolute atomic E-state index is 8.60. The van der Waals surface area contributed by atoms with Gasteiger partial charge in [0.2, 0.25) is 0 Å². The number of hydrogen-bond donors (Lipinski definition) is 0. The molecule has 0 saturated carbocycles. The van der Waals surface area contributed by atoms with Gasteiger partial charge in [-0.25, -0.2) is 0 Å². The van der Waals surface area contributed by atoms with E-state index in [0.29, 0.717) is 16.8 Å². The van der Waals surface area contributed by atoms with Crippen molar-refractivity contribution in [3.63, 3.8) is 0 Å². The van der Waals surface area contributed by atoms with E-state index in [0.717, 1.165) is 32.5 Å². The van der Waals surface area contributed by atoms with Crippen molar-refractivity contribution in [3.8, 4) is 28.3 Å². The molecule has 0 bridgehead atoms. The Kier molecular flexibility index (Phi) is 9.97. The van der Waals surface area contributed by atoms with Crippen molar-refractivity contribution in [2.45, 2.75) is 70.5 Å². The molecule has 0 saturated heterocycles. The molecule has 8 aromatic rings. The Bertz CT molecular complexity index is 2740. The minimum Gasteiger partial charge on any atom is 0 e. The molecular formula is C48H49GeIrN3S-2. The van der Waals surface area contributed by atoms with Crippen LogP contribution in [0.4, 0.5) is 0 Å². The summed E-state index contributed by atoms with van der Waals surface area (Å²) in [5.74, 6) is 7.45. The number of aromatic nitrogens is 3. The topological polar surface area (TPSA) is 30.7 Å². The molecule has 0 aliphatic carbocycles. The van der Waals surface area contributed by atoms with Crippen LogP contribution in [0.3, 0.4) is 0 Å². The van der Waals surface area contributed by atoms with E-state index >= 15 is 0 Å². The summed E-state index contributed by atoms with van der Waals surface area (Å²) in [4.78, 5) is 9.58. The predicted octanol–water partition coefficient (Wildman–Crippen LogP) is 12.8. The number of pyridine rings is 1. The number of hydrogen-bond acceptors (Lipinski definition) is 3. The molecule has 0 aliphatic heterocycles. The molecule has 1 radical (unpaired) electrons. The number of nitrogens with zero attached hydrogens (tertiary/aromatic N) is 3. The molecule has 3 heterocycles. The summed E-state index contributed by atoms with van der Waals surface area (Å²) in [6.45, 7) is 8.35. The fourth-order valence-electron chi connectivity index (χ4n) is 6.59. The first-order valence-electron chi connectivity index (χ1n) is 20.7. The molecule has 0 fully saturated rings. The van der Waals surface area contributed by atoms with E-state index in [1.54, 1.807) is 12.1 Å². The van der Waals surface area contributed by atoms with Crippen LogP contribution in [0.2, 0.25) is 17.3 Å². The van der Waals surface area contributed by atoms with Crippen molar-refractivity contribution in [2.75, 3.05) is 0 Å². The van der Waals surface area contributed by atoms with Crippen molar-refractivity contribution in [1.29, 1.82) is 0 Å². The molecule has 0 atom stereocenters. The van der Waals surface area contributed by atoms with E-state index in [1.165, 1.54) is 31.8 Å². The number of rotatable bonds is 6. The molecule has 5 aromatic carbocycles. The Morgan fingerprint density at radius 1 is 0.833 bits per heavy atom. The molecule has 277 valence electrons. The summed E-state index contributed by atoms with van der Waals surface area (Å²) in [5.41, 5.74) is 7.92. The van der Waals surface area contributed by atoms with E-state index in [-0.39, 0.29) is 37.0 Å². The van der Waals surface area contributed by atoms with Crippen LogP contribution in [-0.2, 0) is 31.9 Å². The fourth-order valence-corrected chi connectivity index (χ4v) is 10.7. The van der Waals surface area contributed by atoms with Gasteiger partial charge in [0.1, 0.15) is 0 Å². The zero-order chi connectivity index (χ0) is 41.8. The third-order valence-electron chi connectivity index (χ3n) is 9.35. The maximum atomic E-state index is 8.60. The zero-order valence-corrected chi connectivity index (χ0v) is 37.4. The first-order chi connectivity index (χ1) is 27.2. The van der Waals surface area contributed by atoms with Gasteiger partial charge >= 0.3 is 139 Å². The quantitative estimate of drug-likeness (QED) is 0.123. The second kappa shape index (κ2) is 16.1. The number of fused-ring (bicyclic) bond motifs is 4. The van der Waals surface area contributed by atoms with Gasteiger partial charge in [-0.15, -0.1) is 23.8 Å². The Balaban J connectivity index is 0.000000200. The third kappa shape index (κ3) is 8.50. The molecule has 3 aromatic heterocycles. The van der Waals surface area contributed by atoms with Gasteiger partial charge in [-0.05, 0) is 51.4 Å². The Morgan fingerprint density at radius 2 is 1.56 bits per heavy atom. The van der Waals surface area contributed by atoms with Gasteiger partial charge in [-0.1, -0.05) is 68.6 Å². The Hall–Kier alpha value is -3.87. The molecule has 0 N–H and O–H groups in total. The van der Waals surface area contributed by atoms with Gasteiger partial charge in [-0.3, -0.25) is 4.98 Å². The summed E-state index contributed by atoms with van der Waals surface area (Å²) in [6.07, 6.45) is 0.362. The molecule has 54 heavy (non-hydrogen) atoms. The van der Waals surface area contributed by atoms with E-state index < -0.39 is 26.5 Å². The van der Waals surface area contributed by atoms with Crippen molar-refractivity contribution in [2.24, 2.45) is 5.92 Å². The van der Waals surface area contributed by atoms with Crippen LogP contribution in [0.5, 0.6) is 0 Å². The van der Waals surface area contributed by atoms with Crippen molar-refractivity contribution >= 4 is 60.2 Å². The van der Waals surface area contributed by atoms with E-state index in [2.05, 4.69) is 139 Å². The van der Waals surface area contributed by atoms with Crippen LogP contribution >= 0.6 is 11.3 Å². The summed E-state index contributed by atoms with van der Waals surface area (Å²) in [5, 5.41) is 2.55. The van der Waals surface area contributed by atoms with Crippen molar-refractivity contribution < 1.29 is 27.0 Å². The smallest absolute Gasteiger partial charge is 0 e. The third-order valence-corrected chi connectivity index (χ3v) is 14.7. The molecule has 6 heteroatoms. The van der Waals surface area contributed by atoms with E-state index in [1.807, 2.05) is 43.5 Å². The largest absolute Gasteiger partial charge is 0 e. The summed E-state index contributed by atoms with van der Waals surface area (Å²) < 4.78 is 45.5. The normalized spacial score (nSPS) is 13.8. The zero-order valence-electron chi connectivity index (χ0n) is 37.1. The number of para-hydroxylation sites is 2. The average Bonchev–Trinajstić information content (AvgIpc) is 3.75. The van der Waals surface area contributed by atoms with Gasteiger partial charge in [0.25, 0.3) is 0 Å². The van der Waals surface area contributed by atoms with Crippen molar-refractivity contribution in [3.05, 3.63) is 144 Å². The SMILES string of the molecule is CC(C)(C)c1ccc(-n2c(-c3[c-]cc4c(c3)sc3ccccc34)nc3ccccc32)cc1.[2H]C([2H])([2H])c1c[c-]c(-c2cc(C([2H])([2H])C(C)C)[c]([Ge]([CH3])([CH3])[CH3])cn2)cc1.[Ir]. The van der Waals surface area contributed by atoms with Crippen LogP contribution in [0.25, 0.3) is 59.5 Å². The Morgan fingerprint density at radius 3 is 2.24 bits per heavy atom. The second-order valence-electron chi connectivity index (χ2n) is 15.9. The molecule has 0 unspecified atom stereocenters. The van der Waals surface area contributed by atoms with Gasteiger partial charge < -0.3 is 4.57 Å². The van der Waals surface area contributed by atoms with Crippen LogP contribution in [-0.4, -0.2) is 27.8 Å². The molecule has 0 spiro atoms. The second-order valence-corrected chi connectivity index (χ2v) is 27.6. The Labute approximate surface area is 348 Å². The predicted molar refractivity (Wildman–Crippen MR) is 232 cm³/mol. The molecule has 0 aliphatic rings. The molecule has 3 nitrogen and oxygen atoms in total. The van der Waals surface area contributed by atoms with Gasteiger partial charge in [0.15, 0.2) is 0 Å². The molecular weight excluding hydrogens is 915 g/mol. The molecule has 0 amide bonds. The first-order valence-corrected chi connectivity index (χ1v) is 26.3. The number of benzene rings is 5. The van der Waals surface area contributed by atoms with E-state index in [9.17, 15) is 0 Å². The fraction of sp³-hybridized carbons (Fsp3) is 0.250. The average molecular weight is 970 g/mol. The van der Waals surface area contributed by atoms with Crippen LogP contribution in [0.1, 0.15) is 58.2 Å². The monoisotopic (exact) mass is 971 g/mol. The number of thiophene rings is 1. The maximum Gasteiger partial charge on any atom is 0 e. The summed E-state index contributed by atoms with van der Waals surface area (Å²) in [7, 11) is 0. The standard InChI is InChI=1S/C29H23N2S.C19H26GeN.Ir/c1-29(2,3)20-13-15-21(16-14-20)31-25-10-6-5-9-24(25)30-28(31)19-12-17-23-22-8-4-7-11-26(22)32-27(23)18-19;1-14(2)11-17-12-19(16-9-7-15(3)8-10-16)21-13-18(17)20(4,5)6;/h4-11,13-18H,1-3H3;7-9,12-14H,11H2,1-6H3;/q2*-1;/i;3D3,11D2;. The number of aryl methyl sites for hydroxylation is 1. The minimum atomic E-state index is -2.32. The summed E-state index contributed by atoms with van der Waals surface area (Å²) in [6, 6.07) is 43.2. The van der Waals surface area contributed by atoms with Crippen LogP contribution in [0, 0.1) is 24.9 Å². The number of imidazole rings is 1. The van der Waals surface area contributed by atoms with Gasteiger partial charge in [0.05, 0.1) is 16.9 Å². The van der Waals surface area contributed by atoms with Crippen LogP contribution < -0.4 is 4.40 Å². The minimum absolute atomic E-state index is 0.